The topological polar surface area (TPSA) is 106 Å². The molecule has 9 heteroatoms. The van der Waals surface area contributed by atoms with Gasteiger partial charge in [-0.3, -0.25) is 10.1 Å². The Morgan fingerprint density at radius 1 is 1.14 bits per heavy atom. The van der Waals surface area contributed by atoms with Crippen LogP contribution < -0.4 is 19.9 Å². The van der Waals surface area contributed by atoms with Gasteiger partial charge in [-0.2, -0.15) is 0 Å². The normalized spacial score (nSPS) is 14.2. The van der Waals surface area contributed by atoms with Crippen molar-refractivity contribution in [1.29, 1.82) is 0 Å². The van der Waals surface area contributed by atoms with Gasteiger partial charge in [0.05, 0.1) is 38.0 Å². The Bertz CT molecular complexity index is 804. The Morgan fingerprint density at radius 2 is 1.79 bits per heavy atom. The Hall–Kier alpha value is -2.31. The molecule has 0 radical (unpaired) electrons. The lowest BCUT2D eigenvalue weighted by atomic mass is 10.1. The minimum Gasteiger partial charge on any atom is -0.502 e. The van der Waals surface area contributed by atoms with E-state index in [9.17, 15) is 9.67 Å². The molecule has 0 spiro atoms. The summed E-state index contributed by atoms with van der Waals surface area (Å²) < 4.78 is 24.3. The number of anilines is 1. The number of aryl methyl sites for hydroxylation is 1. The fourth-order valence-electron chi connectivity index (χ4n) is 3.01. The maximum Gasteiger partial charge on any atom is 0.200 e. The SMILES string of the molecule is CCNP(=O)(CC)C(CNc1cnc(C)cn1)c1cc(OC)c(O)c(OC)c1. The van der Waals surface area contributed by atoms with E-state index in [1.807, 2.05) is 20.8 Å². The molecule has 2 atom stereocenters. The highest BCUT2D eigenvalue weighted by Gasteiger charge is 2.33. The second-order valence-corrected chi connectivity index (χ2v) is 9.50. The Labute approximate surface area is 166 Å². The van der Waals surface area contributed by atoms with Crippen LogP contribution in [0, 0.1) is 6.92 Å². The molecule has 154 valence electrons. The van der Waals surface area contributed by atoms with Gasteiger partial charge in [-0.15, -0.1) is 0 Å². The summed E-state index contributed by atoms with van der Waals surface area (Å²) in [5, 5.41) is 16.6. The van der Waals surface area contributed by atoms with E-state index in [1.165, 1.54) is 14.2 Å². The third-order valence-corrected chi connectivity index (χ3v) is 7.82. The Morgan fingerprint density at radius 3 is 2.25 bits per heavy atom. The van der Waals surface area contributed by atoms with Crippen molar-refractivity contribution in [3.8, 4) is 17.2 Å². The number of nitrogens with one attached hydrogen (secondary N) is 2. The van der Waals surface area contributed by atoms with Gasteiger partial charge in [0, 0.05) is 12.7 Å². The van der Waals surface area contributed by atoms with Crippen LogP contribution in [0.3, 0.4) is 0 Å². The van der Waals surface area contributed by atoms with Crippen molar-refractivity contribution >= 4 is 13.1 Å². The highest BCUT2D eigenvalue weighted by atomic mass is 31.2. The maximum atomic E-state index is 13.7. The number of phenolic OH excluding ortho intramolecular Hbond substituents is 1. The van der Waals surface area contributed by atoms with Gasteiger partial charge in [0.2, 0.25) is 5.75 Å². The number of hydrogen-bond acceptors (Lipinski definition) is 7. The van der Waals surface area contributed by atoms with Crippen LogP contribution in [0.5, 0.6) is 17.2 Å². The molecule has 1 aromatic heterocycles. The van der Waals surface area contributed by atoms with E-state index in [-0.39, 0.29) is 22.9 Å². The largest absolute Gasteiger partial charge is 0.502 e. The molecule has 0 saturated carbocycles. The number of ether oxygens (including phenoxy) is 2. The fourth-order valence-corrected chi connectivity index (χ4v) is 5.44. The summed E-state index contributed by atoms with van der Waals surface area (Å²) >= 11 is 0. The molecule has 0 saturated heterocycles. The van der Waals surface area contributed by atoms with Crippen LogP contribution in [-0.2, 0) is 4.57 Å². The van der Waals surface area contributed by atoms with Crippen molar-refractivity contribution in [3.05, 3.63) is 35.8 Å². The van der Waals surface area contributed by atoms with Crippen LogP contribution in [0.4, 0.5) is 5.82 Å². The molecule has 0 bridgehead atoms. The first kappa shape index (κ1) is 22.0. The first-order chi connectivity index (χ1) is 13.4. The lowest BCUT2D eigenvalue weighted by Gasteiger charge is -2.29. The van der Waals surface area contributed by atoms with E-state index in [0.717, 1.165) is 11.3 Å². The number of aromatic nitrogens is 2. The molecule has 28 heavy (non-hydrogen) atoms. The molecule has 1 heterocycles. The molecule has 1 aromatic carbocycles. The first-order valence-electron chi connectivity index (χ1n) is 9.19. The Balaban J connectivity index is 2.45. The number of rotatable bonds is 10. The summed E-state index contributed by atoms with van der Waals surface area (Å²) in [4.78, 5) is 8.54. The van der Waals surface area contributed by atoms with Crippen LogP contribution >= 0.6 is 7.29 Å². The first-order valence-corrected chi connectivity index (χ1v) is 11.2. The number of methoxy groups -OCH3 is 2. The summed E-state index contributed by atoms with van der Waals surface area (Å²) in [6, 6.07) is 3.40. The van der Waals surface area contributed by atoms with Gasteiger partial charge in [0.1, 0.15) is 5.82 Å². The van der Waals surface area contributed by atoms with Gasteiger partial charge in [-0.05, 0) is 31.2 Å². The van der Waals surface area contributed by atoms with Crippen LogP contribution in [-0.4, -0.2) is 48.5 Å². The molecule has 0 fully saturated rings. The molecule has 0 amide bonds. The predicted molar refractivity (Wildman–Crippen MR) is 111 cm³/mol. The van der Waals surface area contributed by atoms with Crippen LogP contribution in [0.25, 0.3) is 0 Å². The van der Waals surface area contributed by atoms with Gasteiger partial charge in [0.25, 0.3) is 0 Å². The smallest absolute Gasteiger partial charge is 0.200 e. The minimum absolute atomic E-state index is 0.0837. The van der Waals surface area contributed by atoms with E-state index >= 15 is 0 Å². The monoisotopic (exact) mass is 408 g/mol. The lowest BCUT2D eigenvalue weighted by molar-refractivity contribution is 0.339. The van der Waals surface area contributed by atoms with Crippen LogP contribution in [0.1, 0.15) is 30.8 Å². The zero-order chi connectivity index (χ0) is 20.7. The fraction of sp³-hybridized carbons (Fsp3) is 0.474. The Kier molecular flexibility index (Phi) is 7.66. The van der Waals surface area contributed by atoms with E-state index in [2.05, 4.69) is 20.4 Å². The van der Waals surface area contributed by atoms with Crippen molar-refractivity contribution in [2.45, 2.75) is 26.4 Å². The molecule has 0 aliphatic carbocycles. The highest BCUT2D eigenvalue weighted by molar-refractivity contribution is 7.62. The second-order valence-electron chi connectivity index (χ2n) is 6.34. The quantitative estimate of drug-likeness (QED) is 0.513. The molecule has 2 rings (SSSR count). The van der Waals surface area contributed by atoms with E-state index in [1.54, 1.807) is 24.5 Å². The average molecular weight is 408 g/mol. The van der Waals surface area contributed by atoms with Crippen LogP contribution in [0.2, 0.25) is 0 Å². The molecule has 2 aromatic rings. The molecule has 3 N–H and O–H groups in total. The minimum atomic E-state index is -2.81. The van der Waals surface area contributed by atoms with Crippen molar-refractivity contribution < 1.29 is 19.1 Å². The molecule has 8 nitrogen and oxygen atoms in total. The molecule has 0 aliphatic rings. The standard InChI is InChI=1S/C19H29N4O4P/c1-6-23-28(25,7-2)17(11-22-18-12-20-13(3)10-21-18)14-8-15(26-4)19(24)16(9-14)27-5/h8-10,12,17,24H,6-7,11H2,1-5H3,(H,21,22)(H,23,25). The summed E-state index contributed by atoms with van der Waals surface area (Å²) in [7, 11) is 0.131. The predicted octanol–water partition coefficient (Wildman–Crippen LogP) is 3.57. The van der Waals surface area contributed by atoms with Gasteiger partial charge in [-0.1, -0.05) is 13.8 Å². The third kappa shape index (κ3) is 4.94. The average Bonchev–Trinajstić information content (AvgIpc) is 2.70. The number of aromatic hydroxyl groups is 1. The van der Waals surface area contributed by atoms with Gasteiger partial charge < -0.3 is 24.5 Å². The summed E-state index contributed by atoms with van der Waals surface area (Å²) in [6.45, 7) is 6.64. The zero-order valence-corrected chi connectivity index (χ0v) is 17.9. The highest BCUT2D eigenvalue weighted by Crippen LogP contribution is 2.56. The maximum absolute atomic E-state index is 13.7. The molecule has 0 aliphatic heterocycles. The van der Waals surface area contributed by atoms with Crippen molar-refractivity contribution in [2.75, 3.05) is 38.8 Å². The van der Waals surface area contributed by atoms with Crippen molar-refractivity contribution in [2.24, 2.45) is 0 Å². The summed E-state index contributed by atoms with van der Waals surface area (Å²) in [5.41, 5.74) is 1.18. The lowest BCUT2D eigenvalue weighted by Crippen LogP contribution is -2.23. The molecular weight excluding hydrogens is 379 g/mol. The van der Waals surface area contributed by atoms with E-state index in [0.29, 0.717) is 25.1 Å². The van der Waals surface area contributed by atoms with Crippen LogP contribution in [0.15, 0.2) is 24.5 Å². The number of phenols is 1. The third-order valence-electron chi connectivity index (χ3n) is 4.54. The number of nitrogens with zero attached hydrogens (tertiary/aromatic N) is 2. The van der Waals surface area contributed by atoms with E-state index in [4.69, 9.17) is 9.47 Å². The molecule has 2 unspecified atom stereocenters. The number of benzene rings is 1. The van der Waals surface area contributed by atoms with Crippen molar-refractivity contribution in [3.63, 3.8) is 0 Å². The number of hydrogen-bond donors (Lipinski definition) is 3. The molecular formula is C19H29N4O4P. The zero-order valence-electron chi connectivity index (χ0n) is 17.0. The van der Waals surface area contributed by atoms with Gasteiger partial charge in [-0.25, -0.2) is 4.98 Å². The van der Waals surface area contributed by atoms with Crippen molar-refractivity contribution in [1.82, 2.24) is 15.1 Å². The second kappa shape index (κ2) is 9.75. The van der Waals surface area contributed by atoms with E-state index < -0.39 is 7.29 Å². The van der Waals surface area contributed by atoms with Gasteiger partial charge in [0.15, 0.2) is 18.8 Å². The summed E-state index contributed by atoms with van der Waals surface area (Å²) in [6.07, 6.45) is 3.79. The van der Waals surface area contributed by atoms with Gasteiger partial charge >= 0.3 is 0 Å². The summed E-state index contributed by atoms with van der Waals surface area (Å²) in [5.74, 6) is 1.06.